The van der Waals surface area contributed by atoms with E-state index in [1.54, 1.807) is 19.2 Å². The molecule has 0 aromatic heterocycles. The van der Waals surface area contributed by atoms with E-state index in [9.17, 15) is 0 Å². The Hall–Kier alpha value is -0.930. The first-order chi connectivity index (χ1) is 7.58. The Bertz CT molecular complexity index is 350. The maximum atomic E-state index is 8.99. The third-order valence-corrected chi connectivity index (χ3v) is 2.27. The molecule has 0 saturated carbocycles. The van der Waals surface area contributed by atoms with Crippen molar-refractivity contribution in [3.05, 3.63) is 22.7 Å². The Morgan fingerprint density at radius 2 is 2.06 bits per heavy atom. The SMILES string of the molecule is COc1cc(Cl)cc(CCO)c1OC(C)C. The molecular weight excluding hydrogens is 228 g/mol. The van der Waals surface area contributed by atoms with Crippen LogP contribution in [0.5, 0.6) is 11.5 Å². The summed E-state index contributed by atoms with van der Waals surface area (Å²) in [5, 5.41) is 9.57. The largest absolute Gasteiger partial charge is 0.493 e. The zero-order chi connectivity index (χ0) is 12.1. The molecular formula is C12H17ClO3. The average molecular weight is 245 g/mol. The quantitative estimate of drug-likeness (QED) is 0.866. The smallest absolute Gasteiger partial charge is 0.164 e. The molecule has 16 heavy (non-hydrogen) atoms. The lowest BCUT2D eigenvalue weighted by atomic mass is 10.1. The van der Waals surface area contributed by atoms with E-state index in [1.165, 1.54) is 0 Å². The molecule has 3 nitrogen and oxygen atoms in total. The van der Waals surface area contributed by atoms with Gasteiger partial charge in [-0.15, -0.1) is 0 Å². The highest BCUT2D eigenvalue weighted by atomic mass is 35.5. The van der Waals surface area contributed by atoms with Gasteiger partial charge in [-0.2, -0.15) is 0 Å². The van der Waals surface area contributed by atoms with Crippen LogP contribution in [0.3, 0.4) is 0 Å². The van der Waals surface area contributed by atoms with Gasteiger partial charge in [-0.25, -0.2) is 0 Å². The van der Waals surface area contributed by atoms with Gasteiger partial charge in [-0.1, -0.05) is 11.6 Å². The minimum Gasteiger partial charge on any atom is -0.493 e. The van der Waals surface area contributed by atoms with Gasteiger partial charge in [0, 0.05) is 23.3 Å². The summed E-state index contributed by atoms with van der Waals surface area (Å²) in [5.41, 5.74) is 0.862. The monoisotopic (exact) mass is 244 g/mol. The van der Waals surface area contributed by atoms with Crippen LogP contribution in [0.4, 0.5) is 0 Å². The van der Waals surface area contributed by atoms with Gasteiger partial charge in [-0.3, -0.25) is 0 Å². The van der Waals surface area contributed by atoms with Crippen molar-refractivity contribution in [1.82, 2.24) is 0 Å². The van der Waals surface area contributed by atoms with Crippen LogP contribution in [0, 0.1) is 0 Å². The first kappa shape index (κ1) is 13.1. The van der Waals surface area contributed by atoms with Crippen molar-refractivity contribution >= 4 is 11.6 Å². The zero-order valence-corrected chi connectivity index (χ0v) is 10.5. The van der Waals surface area contributed by atoms with E-state index < -0.39 is 0 Å². The van der Waals surface area contributed by atoms with Crippen molar-refractivity contribution in [1.29, 1.82) is 0 Å². The maximum Gasteiger partial charge on any atom is 0.164 e. The molecule has 0 aliphatic rings. The van der Waals surface area contributed by atoms with E-state index >= 15 is 0 Å². The summed E-state index contributed by atoms with van der Waals surface area (Å²) in [6.45, 7) is 3.94. The van der Waals surface area contributed by atoms with Crippen LogP contribution < -0.4 is 9.47 Å². The van der Waals surface area contributed by atoms with Crippen molar-refractivity contribution in [2.75, 3.05) is 13.7 Å². The summed E-state index contributed by atoms with van der Waals surface area (Å²) in [6.07, 6.45) is 0.548. The predicted molar refractivity (Wildman–Crippen MR) is 64.6 cm³/mol. The van der Waals surface area contributed by atoms with Gasteiger partial charge < -0.3 is 14.6 Å². The van der Waals surface area contributed by atoms with E-state index in [4.69, 9.17) is 26.2 Å². The molecule has 1 aromatic rings. The number of halogens is 1. The van der Waals surface area contributed by atoms with Crippen LogP contribution in [0.1, 0.15) is 19.4 Å². The van der Waals surface area contributed by atoms with Crippen molar-refractivity contribution in [2.45, 2.75) is 26.4 Å². The summed E-state index contributed by atoms with van der Waals surface area (Å²) in [4.78, 5) is 0. The number of hydrogen-bond donors (Lipinski definition) is 1. The Labute approximate surface area is 101 Å². The minimum atomic E-state index is 0.0486. The lowest BCUT2D eigenvalue weighted by molar-refractivity contribution is 0.225. The molecule has 0 atom stereocenters. The Kier molecular flexibility index (Phi) is 4.90. The van der Waals surface area contributed by atoms with Gasteiger partial charge in [0.25, 0.3) is 0 Å². The van der Waals surface area contributed by atoms with Crippen LogP contribution >= 0.6 is 11.6 Å². The summed E-state index contributed by atoms with van der Waals surface area (Å²) in [5.74, 6) is 1.26. The second-order valence-corrected chi connectivity index (χ2v) is 4.17. The van der Waals surface area contributed by atoms with Crippen molar-refractivity contribution in [3.63, 3.8) is 0 Å². The lowest BCUT2D eigenvalue weighted by Gasteiger charge is -2.17. The lowest BCUT2D eigenvalue weighted by Crippen LogP contribution is -2.09. The number of hydrogen-bond acceptors (Lipinski definition) is 3. The second kappa shape index (κ2) is 5.97. The standard InChI is InChI=1S/C12H17ClO3/c1-8(2)16-12-9(4-5-14)6-10(13)7-11(12)15-3/h6-8,14H,4-5H2,1-3H3. The topological polar surface area (TPSA) is 38.7 Å². The average Bonchev–Trinajstić information content (AvgIpc) is 2.21. The van der Waals surface area contributed by atoms with Crippen LogP contribution in [0.15, 0.2) is 12.1 Å². The molecule has 1 N–H and O–H groups in total. The maximum absolute atomic E-state index is 8.99. The summed E-state index contributed by atoms with van der Waals surface area (Å²) >= 11 is 5.96. The minimum absolute atomic E-state index is 0.0486. The molecule has 0 bridgehead atoms. The van der Waals surface area contributed by atoms with Crippen molar-refractivity contribution < 1.29 is 14.6 Å². The van der Waals surface area contributed by atoms with Crippen LogP contribution in [-0.2, 0) is 6.42 Å². The molecule has 0 amide bonds. The highest BCUT2D eigenvalue weighted by molar-refractivity contribution is 6.30. The number of aliphatic hydroxyl groups excluding tert-OH is 1. The molecule has 4 heteroatoms. The highest BCUT2D eigenvalue weighted by Gasteiger charge is 2.13. The van der Waals surface area contributed by atoms with E-state index in [-0.39, 0.29) is 12.7 Å². The molecule has 0 aliphatic heterocycles. The fourth-order valence-corrected chi connectivity index (χ4v) is 1.68. The highest BCUT2D eigenvalue weighted by Crippen LogP contribution is 2.35. The number of aliphatic hydroxyl groups is 1. The number of benzene rings is 1. The fourth-order valence-electron chi connectivity index (χ4n) is 1.45. The molecule has 1 rings (SSSR count). The Morgan fingerprint density at radius 3 is 2.56 bits per heavy atom. The van der Waals surface area contributed by atoms with Crippen LogP contribution in [0.2, 0.25) is 5.02 Å². The Balaban J connectivity index is 3.15. The summed E-state index contributed by atoms with van der Waals surface area (Å²) in [7, 11) is 1.57. The molecule has 1 aromatic carbocycles. The second-order valence-electron chi connectivity index (χ2n) is 3.74. The summed E-state index contributed by atoms with van der Waals surface area (Å²) < 4.78 is 10.9. The zero-order valence-electron chi connectivity index (χ0n) is 9.79. The van der Waals surface area contributed by atoms with Gasteiger partial charge in [0.2, 0.25) is 0 Å². The predicted octanol–water partition coefficient (Wildman–Crippen LogP) is 2.67. The van der Waals surface area contributed by atoms with Gasteiger partial charge in [0.05, 0.1) is 13.2 Å². The third-order valence-electron chi connectivity index (χ3n) is 2.05. The fraction of sp³-hybridized carbons (Fsp3) is 0.500. The van der Waals surface area contributed by atoms with E-state index in [0.29, 0.717) is 22.9 Å². The molecule has 0 spiro atoms. The number of rotatable bonds is 5. The molecule has 0 saturated heterocycles. The van der Waals surface area contributed by atoms with Crippen LogP contribution in [-0.4, -0.2) is 24.9 Å². The first-order valence-corrected chi connectivity index (χ1v) is 5.60. The van der Waals surface area contributed by atoms with E-state index in [2.05, 4.69) is 0 Å². The molecule has 0 unspecified atom stereocenters. The summed E-state index contributed by atoms with van der Waals surface area (Å²) in [6, 6.07) is 3.50. The molecule has 90 valence electrons. The van der Waals surface area contributed by atoms with Crippen molar-refractivity contribution in [2.24, 2.45) is 0 Å². The molecule has 0 radical (unpaired) electrons. The molecule has 0 heterocycles. The third kappa shape index (κ3) is 3.29. The number of ether oxygens (including phenoxy) is 2. The molecule has 0 aliphatic carbocycles. The van der Waals surface area contributed by atoms with Gasteiger partial charge in [0.15, 0.2) is 11.5 Å². The van der Waals surface area contributed by atoms with E-state index in [0.717, 1.165) is 5.56 Å². The molecule has 0 fully saturated rings. The van der Waals surface area contributed by atoms with Gasteiger partial charge in [-0.05, 0) is 26.3 Å². The van der Waals surface area contributed by atoms with Gasteiger partial charge in [0.1, 0.15) is 0 Å². The van der Waals surface area contributed by atoms with E-state index in [1.807, 2.05) is 13.8 Å². The normalized spacial score (nSPS) is 10.6. The first-order valence-electron chi connectivity index (χ1n) is 5.22. The van der Waals surface area contributed by atoms with Crippen LogP contribution in [0.25, 0.3) is 0 Å². The number of methoxy groups -OCH3 is 1. The van der Waals surface area contributed by atoms with Crippen molar-refractivity contribution in [3.8, 4) is 11.5 Å². The Morgan fingerprint density at radius 1 is 1.38 bits per heavy atom. The van der Waals surface area contributed by atoms with Gasteiger partial charge >= 0.3 is 0 Å².